The molecule has 1 aliphatic rings. The number of aliphatic imine (C=N–C) groups is 1. The second kappa shape index (κ2) is 11.4. The van der Waals surface area contributed by atoms with Crippen molar-refractivity contribution in [2.75, 3.05) is 26.7 Å². The van der Waals surface area contributed by atoms with Crippen molar-refractivity contribution in [3.63, 3.8) is 0 Å². The van der Waals surface area contributed by atoms with Crippen LogP contribution < -0.4 is 15.4 Å². The van der Waals surface area contributed by atoms with Crippen molar-refractivity contribution in [2.24, 2.45) is 4.99 Å². The molecule has 2 aromatic carbocycles. The molecule has 0 aromatic heterocycles. The maximum atomic E-state index is 12.6. The molecule has 0 radical (unpaired) electrons. The van der Waals surface area contributed by atoms with Crippen molar-refractivity contribution in [1.29, 1.82) is 0 Å². The van der Waals surface area contributed by atoms with Crippen molar-refractivity contribution >= 4 is 11.9 Å². The fourth-order valence-electron chi connectivity index (χ4n) is 3.72. The van der Waals surface area contributed by atoms with E-state index in [1.54, 1.807) is 7.05 Å². The lowest BCUT2D eigenvalue weighted by molar-refractivity contribution is -0.132. The third kappa shape index (κ3) is 6.74. The predicted molar refractivity (Wildman–Crippen MR) is 125 cm³/mol. The number of carbonyl (C=O) groups is 1. The van der Waals surface area contributed by atoms with Gasteiger partial charge >= 0.3 is 0 Å². The zero-order valence-corrected chi connectivity index (χ0v) is 18.9. The summed E-state index contributed by atoms with van der Waals surface area (Å²) in [6, 6.07) is 16.4. The Morgan fingerprint density at radius 3 is 2.65 bits per heavy atom. The van der Waals surface area contributed by atoms with Crippen LogP contribution in [0.15, 0.2) is 53.5 Å². The quantitative estimate of drug-likeness (QED) is 0.389. The number of fused-ring (bicyclic) bond motifs is 1. The Hall–Kier alpha value is -3.02. The summed E-state index contributed by atoms with van der Waals surface area (Å²) in [5.41, 5.74) is 3.76. The first-order chi connectivity index (χ1) is 15.1. The van der Waals surface area contributed by atoms with E-state index < -0.39 is 0 Å². The molecule has 0 fully saturated rings. The molecule has 1 atom stereocenters. The standard InChI is InChI=1S/C25H34N4O2/c1-19-9-4-7-12-23(19)31-20(2)17-28-25(26-3)27-15-8-13-24(30)29-16-14-21-10-5-6-11-22(21)18-29/h4-7,9-12,20H,8,13-18H2,1-3H3,(H2,26,27,28). The summed E-state index contributed by atoms with van der Waals surface area (Å²) in [6.45, 7) is 6.95. The molecule has 0 aliphatic carbocycles. The SMILES string of the molecule is CN=C(NCCCC(=O)N1CCc2ccccc2C1)NCC(C)Oc1ccccc1C. The summed E-state index contributed by atoms with van der Waals surface area (Å²) < 4.78 is 5.99. The normalized spacial score (nSPS) is 14.5. The Kier molecular flexibility index (Phi) is 8.33. The first kappa shape index (κ1) is 22.7. The first-order valence-corrected chi connectivity index (χ1v) is 11.1. The molecule has 0 saturated heterocycles. The maximum Gasteiger partial charge on any atom is 0.222 e. The minimum Gasteiger partial charge on any atom is -0.489 e. The molecule has 1 unspecified atom stereocenters. The molecule has 166 valence electrons. The van der Waals surface area contributed by atoms with E-state index in [-0.39, 0.29) is 12.0 Å². The number of carbonyl (C=O) groups excluding carboxylic acids is 1. The fraction of sp³-hybridized carbons (Fsp3) is 0.440. The number of hydrogen-bond acceptors (Lipinski definition) is 3. The van der Waals surface area contributed by atoms with Gasteiger partial charge in [0.2, 0.25) is 5.91 Å². The van der Waals surface area contributed by atoms with E-state index in [4.69, 9.17) is 4.74 Å². The van der Waals surface area contributed by atoms with Crippen LogP contribution in [0.25, 0.3) is 0 Å². The van der Waals surface area contributed by atoms with Crippen LogP contribution in [0.2, 0.25) is 0 Å². The Labute approximate surface area is 185 Å². The largest absolute Gasteiger partial charge is 0.489 e. The van der Waals surface area contributed by atoms with Gasteiger partial charge in [-0.15, -0.1) is 0 Å². The first-order valence-electron chi connectivity index (χ1n) is 11.1. The molecule has 1 aliphatic heterocycles. The van der Waals surface area contributed by atoms with E-state index in [0.717, 1.165) is 43.2 Å². The van der Waals surface area contributed by atoms with E-state index in [0.29, 0.717) is 19.5 Å². The second-order valence-electron chi connectivity index (χ2n) is 8.01. The van der Waals surface area contributed by atoms with E-state index in [9.17, 15) is 4.79 Å². The highest BCUT2D eigenvalue weighted by Gasteiger charge is 2.19. The van der Waals surface area contributed by atoms with Crippen LogP contribution >= 0.6 is 0 Å². The number of nitrogens with one attached hydrogen (secondary N) is 2. The molecule has 3 rings (SSSR count). The molecule has 2 N–H and O–H groups in total. The van der Waals surface area contributed by atoms with E-state index >= 15 is 0 Å². The molecule has 1 heterocycles. The third-order valence-corrected chi connectivity index (χ3v) is 5.55. The highest BCUT2D eigenvalue weighted by atomic mass is 16.5. The number of hydrogen-bond donors (Lipinski definition) is 2. The van der Waals surface area contributed by atoms with Crippen molar-refractivity contribution in [2.45, 2.75) is 45.8 Å². The summed E-state index contributed by atoms with van der Waals surface area (Å²) >= 11 is 0. The van der Waals surface area contributed by atoms with Gasteiger partial charge in [0.25, 0.3) is 0 Å². The van der Waals surface area contributed by atoms with Gasteiger partial charge in [0, 0.05) is 33.1 Å². The number of ether oxygens (including phenoxy) is 1. The van der Waals surface area contributed by atoms with Crippen LogP contribution in [-0.2, 0) is 17.8 Å². The Bertz CT molecular complexity index is 897. The lowest BCUT2D eigenvalue weighted by atomic mass is 9.99. The topological polar surface area (TPSA) is 66.0 Å². The summed E-state index contributed by atoms with van der Waals surface area (Å²) in [5.74, 6) is 1.85. The smallest absolute Gasteiger partial charge is 0.222 e. The summed E-state index contributed by atoms with van der Waals surface area (Å²) in [4.78, 5) is 18.8. The van der Waals surface area contributed by atoms with Crippen molar-refractivity contribution in [1.82, 2.24) is 15.5 Å². The van der Waals surface area contributed by atoms with Gasteiger partial charge in [-0.2, -0.15) is 0 Å². The van der Waals surface area contributed by atoms with Gasteiger partial charge in [0.05, 0.1) is 6.54 Å². The van der Waals surface area contributed by atoms with Crippen LogP contribution in [0, 0.1) is 6.92 Å². The summed E-state index contributed by atoms with van der Waals surface area (Å²) in [6.07, 6.45) is 2.26. The van der Waals surface area contributed by atoms with E-state index in [1.165, 1.54) is 11.1 Å². The number of aryl methyl sites for hydroxylation is 1. The van der Waals surface area contributed by atoms with Crippen LogP contribution in [0.1, 0.15) is 36.5 Å². The molecule has 6 heteroatoms. The number of benzene rings is 2. The molecule has 2 aromatic rings. The molecule has 31 heavy (non-hydrogen) atoms. The van der Waals surface area contributed by atoms with Crippen LogP contribution in [-0.4, -0.2) is 49.6 Å². The number of rotatable bonds is 8. The third-order valence-electron chi connectivity index (χ3n) is 5.55. The van der Waals surface area contributed by atoms with E-state index in [2.05, 4.69) is 33.8 Å². The Balaban J connectivity index is 1.34. The van der Waals surface area contributed by atoms with Gasteiger partial charge in [0.1, 0.15) is 11.9 Å². The molecular weight excluding hydrogens is 388 g/mol. The number of para-hydroxylation sites is 1. The van der Waals surface area contributed by atoms with Crippen molar-refractivity contribution < 1.29 is 9.53 Å². The van der Waals surface area contributed by atoms with Crippen LogP contribution in [0.4, 0.5) is 0 Å². The fourth-order valence-corrected chi connectivity index (χ4v) is 3.72. The molecule has 1 amide bonds. The zero-order valence-electron chi connectivity index (χ0n) is 18.9. The second-order valence-corrected chi connectivity index (χ2v) is 8.01. The van der Waals surface area contributed by atoms with Crippen molar-refractivity contribution in [3.05, 3.63) is 65.2 Å². The lowest BCUT2D eigenvalue weighted by Crippen LogP contribution is -2.42. The lowest BCUT2D eigenvalue weighted by Gasteiger charge is -2.29. The average Bonchev–Trinajstić information content (AvgIpc) is 2.79. The van der Waals surface area contributed by atoms with Gasteiger partial charge in [-0.05, 0) is 49.4 Å². The zero-order chi connectivity index (χ0) is 22.1. The number of amides is 1. The van der Waals surface area contributed by atoms with Gasteiger partial charge in [-0.1, -0.05) is 42.5 Å². The highest BCUT2D eigenvalue weighted by Crippen LogP contribution is 2.19. The molecular formula is C25H34N4O2. The van der Waals surface area contributed by atoms with Crippen LogP contribution in [0.5, 0.6) is 5.75 Å². The Morgan fingerprint density at radius 1 is 1.13 bits per heavy atom. The minimum absolute atomic E-state index is 0.00297. The molecule has 0 spiro atoms. The minimum atomic E-state index is 0.00297. The van der Waals surface area contributed by atoms with E-state index in [1.807, 2.05) is 49.1 Å². The van der Waals surface area contributed by atoms with Gasteiger partial charge in [0.15, 0.2) is 5.96 Å². The average molecular weight is 423 g/mol. The monoisotopic (exact) mass is 422 g/mol. The van der Waals surface area contributed by atoms with Crippen LogP contribution in [0.3, 0.4) is 0 Å². The predicted octanol–water partition coefficient (Wildman–Crippen LogP) is 3.29. The summed E-state index contributed by atoms with van der Waals surface area (Å²) in [5, 5.41) is 6.58. The van der Waals surface area contributed by atoms with Gasteiger partial charge in [-0.3, -0.25) is 9.79 Å². The molecule has 6 nitrogen and oxygen atoms in total. The van der Waals surface area contributed by atoms with Gasteiger partial charge < -0.3 is 20.3 Å². The number of guanidine groups is 1. The summed E-state index contributed by atoms with van der Waals surface area (Å²) in [7, 11) is 1.75. The molecule has 0 saturated carbocycles. The van der Waals surface area contributed by atoms with Crippen molar-refractivity contribution in [3.8, 4) is 5.75 Å². The number of nitrogens with zero attached hydrogens (tertiary/aromatic N) is 2. The molecule has 0 bridgehead atoms. The maximum absolute atomic E-state index is 12.6. The van der Waals surface area contributed by atoms with Gasteiger partial charge in [-0.25, -0.2) is 0 Å². The Morgan fingerprint density at radius 2 is 1.87 bits per heavy atom. The highest BCUT2D eigenvalue weighted by molar-refractivity contribution is 5.80.